The van der Waals surface area contributed by atoms with Crippen molar-refractivity contribution in [3.05, 3.63) is 23.8 Å². The average Bonchev–Trinajstić information content (AvgIpc) is 2.32. The van der Waals surface area contributed by atoms with Crippen LogP contribution in [0.2, 0.25) is 0 Å². The van der Waals surface area contributed by atoms with Crippen LogP contribution in [0.4, 0.5) is 11.4 Å². The zero-order valence-electron chi connectivity index (χ0n) is 10.9. The van der Waals surface area contributed by atoms with Gasteiger partial charge in [0.1, 0.15) is 0 Å². The van der Waals surface area contributed by atoms with E-state index >= 15 is 0 Å². The lowest BCUT2D eigenvalue weighted by molar-refractivity contribution is 0.194. The van der Waals surface area contributed by atoms with E-state index in [0.29, 0.717) is 6.04 Å². The Labute approximate surface area is 104 Å². The van der Waals surface area contributed by atoms with E-state index in [-0.39, 0.29) is 0 Å². The molecule has 1 aliphatic heterocycles. The van der Waals surface area contributed by atoms with E-state index in [2.05, 4.69) is 30.3 Å². The highest BCUT2D eigenvalue weighted by molar-refractivity contribution is 5.59. The molecule has 3 heteroatoms. The summed E-state index contributed by atoms with van der Waals surface area (Å²) in [5.41, 5.74) is 9.07. The van der Waals surface area contributed by atoms with Crippen LogP contribution < -0.4 is 11.1 Å². The highest BCUT2D eigenvalue weighted by atomic mass is 15.2. The second-order valence-electron chi connectivity index (χ2n) is 5.09. The van der Waals surface area contributed by atoms with Crippen molar-refractivity contribution in [1.82, 2.24) is 4.90 Å². The maximum absolute atomic E-state index is 5.81. The molecule has 1 unspecified atom stereocenters. The predicted molar refractivity (Wildman–Crippen MR) is 74.4 cm³/mol. The number of likely N-dealkylation sites (N-methyl/N-ethyl adjacent to an activating group) is 1. The Morgan fingerprint density at radius 3 is 3.00 bits per heavy atom. The number of anilines is 2. The van der Waals surface area contributed by atoms with Gasteiger partial charge in [-0.1, -0.05) is 12.5 Å². The van der Waals surface area contributed by atoms with E-state index in [0.717, 1.165) is 12.2 Å². The zero-order chi connectivity index (χ0) is 12.3. The van der Waals surface area contributed by atoms with Gasteiger partial charge in [0.05, 0.1) is 0 Å². The van der Waals surface area contributed by atoms with Gasteiger partial charge in [-0.25, -0.2) is 0 Å². The summed E-state index contributed by atoms with van der Waals surface area (Å²) in [6.45, 7) is 4.36. The van der Waals surface area contributed by atoms with Crippen molar-refractivity contribution in [1.29, 1.82) is 0 Å². The van der Waals surface area contributed by atoms with E-state index in [1.165, 1.54) is 37.1 Å². The first-order valence-electron chi connectivity index (χ1n) is 6.47. The second kappa shape index (κ2) is 5.41. The Balaban J connectivity index is 1.94. The van der Waals surface area contributed by atoms with E-state index in [9.17, 15) is 0 Å². The lowest BCUT2D eigenvalue weighted by Crippen LogP contribution is -2.40. The largest absolute Gasteiger partial charge is 0.399 e. The van der Waals surface area contributed by atoms with Gasteiger partial charge in [0.15, 0.2) is 0 Å². The Morgan fingerprint density at radius 1 is 1.41 bits per heavy atom. The fourth-order valence-electron chi connectivity index (χ4n) is 2.46. The number of nitrogens with two attached hydrogens (primary N) is 1. The van der Waals surface area contributed by atoms with Crippen LogP contribution in [0.5, 0.6) is 0 Å². The van der Waals surface area contributed by atoms with Crippen molar-refractivity contribution in [2.24, 2.45) is 0 Å². The van der Waals surface area contributed by atoms with Crippen molar-refractivity contribution >= 4 is 11.4 Å². The molecular weight excluding hydrogens is 210 g/mol. The minimum Gasteiger partial charge on any atom is -0.399 e. The molecule has 1 heterocycles. The Bertz CT molecular complexity index is 376. The zero-order valence-corrected chi connectivity index (χ0v) is 10.9. The standard InChI is InChI=1S/C14H23N3/c1-11-6-7-12(15)9-14(11)16-10-13-5-3-4-8-17(13)2/h6-7,9,13,16H,3-5,8,10,15H2,1-2H3. The van der Waals surface area contributed by atoms with Crippen molar-refractivity contribution < 1.29 is 0 Å². The summed E-state index contributed by atoms with van der Waals surface area (Å²) in [5, 5.41) is 3.53. The molecule has 1 atom stereocenters. The summed E-state index contributed by atoms with van der Waals surface area (Å²) in [5.74, 6) is 0. The van der Waals surface area contributed by atoms with Gasteiger partial charge in [0.2, 0.25) is 0 Å². The first kappa shape index (κ1) is 12.2. The van der Waals surface area contributed by atoms with Gasteiger partial charge in [-0.15, -0.1) is 0 Å². The molecule has 3 nitrogen and oxygen atoms in total. The molecule has 1 aliphatic rings. The third kappa shape index (κ3) is 3.13. The fraction of sp³-hybridized carbons (Fsp3) is 0.571. The molecule has 3 N–H and O–H groups in total. The van der Waals surface area contributed by atoms with Crippen molar-refractivity contribution in [2.75, 3.05) is 31.2 Å². The van der Waals surface area contributed by atoms with Gasteiger partial charge in [-0.3, -0.25) is 0 Å². The van der Waals surface area contributed by atoms with Gasteiger partial charge in [0, 0.05) is 24.0 Å². The highest BCUT2D eigenvalue weighted by Gasteiger charge is 2.18. The number of hydrogen-bond acceptors (Lipinski definition) is 3. The number of nitrogens with zero attached hydrogens (tertiary/aromatic N) is 1. The summed E-state index contributed by atoms with van der Waals surface area (Å²) in [7, 11) is 2.22. The summed E-state index contributed by atoms with van der Waals surface area (Å²) in [6, 6.07) is 6.71. The van der Waals surface area contributed by atoms with Crippen LogP contribution in [0.3, 0.4) is 0 Å². The van der Waals surface area contributed by atoms with Crippen LogP contribution in [0.25, 0.3) is 0 Å². The number of nitrogens with one attached hydrogen (secondary N) is 1. The molecule has 0 bridgehead atoms. The van der Waals surface area contributed by atoms with E-state index in [1.54, 1.807) is 0 Å². The Morgan fingerprint density at radius 2 is 2.24 bits per heavy atom. The SMILES string of the molecule is Cc1ccc(N)cc1NCC1CCCCN1C. The average molecular weight is 233 g/mol. The number of piperidine rings is 1. The van der Waals surface area contributed by atoms with Crippen LogP contribution in [-0.4, -0.2) is 31.1 Å². The quantitative estimate of drug-likeness (QED) is 0.788. The van der Waals surface area contributed by atoms with Crippen molar-refractivity contribution in [3.8, 4) is 0 Å². The van der Waals surface area contributed by atoms with Crippen LogP contribution in [0, 0.1) is 6.92 Å². The molecule has 1 saturated heterocycles. The van der Waals surface area contributed by atoms with Crippen molar-refractivity contribution in [3.63, 3.8) is 0 Å². The van der Waals surface area contributed by atoms with Gasteiger partial charge >= 0.3 is 0 Å². The summed E-state index contributed by atoms with van der Waals surface area (Å²) < 4.78 is 0. The molecule has 0 aromatic heterocycles. The van der Waals surface area contributed by atoms with Crippen LogP contribution >= 0.6 is 0 Å². The first-order valence-corrected chi connectivity index (χ1v) is 6.47. The van der Waals surface area contributed by atoms with Gasteiger partial charge < -0.3 is 16.0 Å². The molecule has 2 rings (SSSR count). The Kier molecular flexibility index (Phi) is 3.89. The third-order valence-corrected chi connectivity index (χ3v) is 3.71. The minimum atomic E-state index is 0.657. The fourth-order valence-corrected chi connectivity index (χ4v) is 2.46. The maximum atomic E-state index is 5.81. The van der Waals surface area contributed by atoms with Crippen molar-refractivity contribution in [2.45, 2.75) is 32.2 Å². The molecular formula is C14H23N3. The highest BCUT2D eigenvalue weighted by Crippen LogP contribution is 2.20. The summed E-state index contributed by atoms with van der Waals surface area (Å²) in [6.07, 6.45) is 3.99. The third-order valence-electron chi connectivity index (χ3n) is 3.71. The van der Waals surface area contributed by atoms with E-state index < -0.39 is 0 Å². The second-order valence-corrected chi connectivity index (χ2v) is 5.09. The smallest absolute Gasteiger partial charge is 0.0391 e. The number of hydrogen-bond donors (Lipinski definition) is 2. The monoisotopic (exact) mass is 233 g/mol. The lowest BCUT2D eigenvalue weighted by atomic mass is 10.0. The van der Waals surface area contributed by atoms with E-state index in [1.807, 2.05) is 12.1 Å². The molecule has 0 spiro atoms. The summed E-state index contributed by atoms with van der Waals surface area (Å²) >= 11 is 0. The van der Waals surface area contributed by atoms with Gasteiger partial charge in [0.25, 0.3) is 0 Å². The lowest BCUT2D eigenvalue weighted by Gasteiger charge is -2.33. The van der Waals surface area contributed by atoms with Gasteiger partial charge in [-0.2, -0.15) is 0 Å². The normalized spacial score (nSPS) is 21.4. The molecule has 1 aromatic carbocycles. The number of aryl methyl sites for hydroxylation is 1. The molecule has 94 valence electrons. The van der Waals surface area contributed by atoms with Crippen LogP contribution in [0.1, 0.15) is 24.8 Å². The minimum absolute atomic E-state index is 0.657. The number of nitrogen functional groups attached to an aromatic ring is 1. The number of benzene rings is 1. The van der Waals surface area contributed by atoms with Gasteiger partial charge in [-0.05, 0) is 51.1 Å². The predicted octanol–water partition coefficient (Wildman–Crippen LogP) is 2.47. The first-order chi connectivity index (χ1) is 8.16. The van der Waals surface area contributed by atoms with Crippen LogP contribution in [-0.2, 0) is 0 Å². The van der Waals surface area contributed by atoms with Crippen LogP contribution in [0.15, 0.2) is 18.2 Å². The summed E-state index contributed by atoms with van der Waals surface area (Å²) in [4.78, 5) is 2.46. The molecule has 0 saturated carbocycles. The molecule has 0 aliphatic carbocycles. The molecule has 17 heavy (non-hydrogen) atoms. The maximum Gasteiger partial charge on any atom is 0.0391 e. The molecule has 0 radical (unpaired) electrons. The molecule has 1 fully saturated rings. The van der Waals surface area contributed by atoms with E-state index in [4.69, 9.17) is 5.73 Å². The molecule has 0 amide bonds. The molecule has 1 aromatic rings. The Hall–Kier alpha value is -1.22. The number of likely N-dealkylation sites (tertiary alicyclic amines) is 1. The number of rotatable bonds is 3. The topological polar surface area (TPSA) is 41.3 Å².